The molecule has 0 aliphatic rings. The van der Waals surface area contributed by atoms with Crippen molar-refractivity contribution in [3.8, 4) is 0 Å². The Bertz CT molecular complexity index is 548. The number of halogens is 2. The monoisotopic (exact) mass is 254 g/mol. The summed E-state index contributed by atoms with van der Waals surface area (Å²) in [4.78, 5) is 0. The van der Waals surface area contributed by atoms with Gasteiger partial charge in [-0.15, -0.1) is 0 Å². The van der Waals surface area contributed by atoms with Crippen LogP contribution in [0.1, 0.15) is 28.4 Å². The van der Waals surface area contributed by atoms with Gasteiger partial charge in [0, 0.05) is 11.6 Å². The highest BCUT2D eigenvalue weighted by Gasteiger charge is 2.19. The molecule has 0 saturated carbocycles. The van der Waals surface area contributed by atoms with Crippen LogP contribution in [0.4, 0.5) is 8.78 Å². The van der Waals surface area contributed by atoms with Gasteiger partial charge in [-0.25, -0.2) is 8.78 Å². The van der Waals surface area contributed by atoms with E-state index in [1.165, 1.54) is 17.4 Å². The minimum atomic E-state index is -1.04. The molecule has 1 aromatic carbocycles. The van der Waals surface area contributed by atoms with E-state index in [1.807, 2.05) is 12.3 Å². The number of aliphatic hydroxyl groups excluding tert-OH is 1. The molecule has 0 aliphatic heterocycles. The lowest BCUT2D eigenvalue weighted by Gasteiger charge is -2.13. The molecule has 1 heterocycles. The lowest BCUT2D eigenvalue weighted by Crippen LogP contribution is -2.04. The first-order valence-electron chi connectivity index (χ1n) is 5.17. The predicted molar refractivity (Wildman–Crippen MR) is 64.2 cm³/mol. The number of rotatable bonds is 2. The van der Waals surface area contributed by atoms with Gasteiger partial charge in [-0.05, 0) is 47.4 Å². The first kappa shape index (κ1) is 12.2. The molecule has 0 saturated heterocycles. The molecule has 1 N–H and O–H groups in total. The van der Waals surface area contributed by atoms with Crippen molar-refractivity contribution in [1.29, 1.82) is 0 Å². The first-order valence-corrected chi connectivity index (χ1v) is 6.11. The van der Waals surface area contributed by atoms with E-state index >= 15 is 0 Å². The molecule has 1 unspecified atom stereocenters. The quantitative estimate of drug-likeness (QED) is 0.866. The van der Waals surface area contributed by atoms with Crippen molar-refractivity contribution in [2.24, 2.45) is 0 Å². The number of thiophene rings is 1. The second kappa shape index (κ2) is 4.55. The fourth-order valence-corrected chi connectivity index (χ4v) is 2.58. The molecule has 0 fully saturated rings. The molecular formula is C13H12F2OS. The Balaban J connectivity index is 2.48. The van der Waals surface area contributed by atoms with Gasteiger partial charge in [0.05, 0.1) is 0 Å². The van der Waals surface area contributed by atoms with Gasteiger partial charge in [-0.1, -0.05) is 0 Å². The van der Waals surface area contributed by atoms with Gasteiger partial charge in [0.1, 0.15) is 17.7 Å². The third-order valence-electron chi connectivity index (χ3n) is 2.76. The zero-order chi connectivity index (χ0) is 12.6. The lowest BCUT2D eigenvalue weighted by molar-refractivity contribution is 0.214. The Morgan fingerprint density at radius 2 is 1.71 bits per heavy atom. The van der Waals surface area contributed by atoms with E-state index in [-0.39, 0.29) is 5.56 Å². The van der Waals surface area contributed by atoms with E-state index in [0.29, 0.717) is 11.1 Å². The highest BCUT2D eigenvalue weighted by Crippen LogP contribution is 2.30. The van der Waals surface area contributed by atoms with Crippen LogP contribution < -0.4 is 0 Å². The van der Waals surface area contributed by atoms with Crippen LogP contribution in [-0.2, 0) is 0 Å². The molecule has 1 nitrogen and oxygen atoms in total. The highest BCUT2D eigenvalue weighted by molar-refractivity contribution is 7.08. The van der Waals surface area contributed by atoms with E-state index in [2.05, 4.69) is 0 Å². The average Bonchev–Trinajstić information content (AvgIpc) is 2.69. The van der Waals surface area contributed by atoms with Crippen molar-refractivity contribution in [1.82, 2.24) is 0 Å². The third kappa shape index (κ3) is 2.23. The van der Waals surface area contributed by atoms with Gasteiger partial charge in [0.25, 0.3) is 0 Å². The van der Waals surface area contributed by atoms with Gasteiger partial charge >= 0.3 is 0 Å². The Morgan fingerprint density at radius 1 is 1.00 bits per heavy atom. The van der Waals surface area contributed by atoms with Crippen molar-refractivity contribution >= 4 is 11.3 Å². The zero-order valence-electron chi connectivity index (χ0n) is 9.50. The van der Waals surface area contributed by atoms with Gasteiger partial charge in [0.15, 0.2) is 0 Å². The van der Waals surface area contributed by atoms with E-state index in [0.717, 1.165) is 11.6 Å². The van der Waals surface area contributed by atoms with Gasteiger partial charge in [-0.3, -0.25) is 0 Å². The van der Waals surface area contributed by atoms with Crippen LogP contribution in [0.2, 0.25) is 0 Å². The Hall–Kier alpha value is -1.26. The predicted octanol–water partition coefficient (Wildman–Crippen LogP) is 3.72. The Labute approximate surface area is 102 Å². The number of hydrogen-bond donors (Lipinski definition) is 1. The fourth-order valence-electron chi connectivity index (χ4n) is 1.71. The van der Waals surface area contributed by atoms with Crippen LogP contribution in [0.15, 0.2) is 22.9 Å². The van der Waals surface area contributed by atoms with Crippen LogP contribution in [0.5, 0.6) is 0 Å². The Morgan fingerprint density at radius 3 is 2.29 bits per heavy atom. The summed E-state index contributed by atoms with van der Waals surface area (Å²) in [6.07, 6.45) is -1.04. The third-order valence-corrected chi connectivity index (χ3v) is 3.64. The second-order valence-corrected chi connectivity index (χ2v) is 4.78. The van der Waals surface area contributed by atoms with E-state index in [1.54, 1.807) is 12.3 Å². The summed E-state index contributed by atoms with van der Waals surface area (Å²) in [6.45, 7) is 3.40. The fraction of sp³-hybridized carbons (Fsp3) is 0.231. The lowest BCUT2D eigenvalue weighted by atomic mass is 9.99. The molecule has 0 bridgehead atoms. The molecule has 90 valence electrons. The molecule has 0 radical (unpaired) electrons. The van der Waals surface area contributed by atoms with Crippen molar-refractivity contribution < 1.29 is 13.9 Å². The second-order valence-electron chi connectivity index (χ2n) is 4.04. The summed E-state index contributed by atoms with van der Waals surface area (Å²) in [5, 5.41) is 13.8. The van der Waals surface area contributed by atoms with E-state index in [9.17, 15) is 13.9 Å². The standard InChI is InChI=1S/C13H12F2OS/c1-7-3-9(12(15)4-11(7)14)13(16)10-6-17-5-8(10)2/h3-6,13,16H,1-2H3. The summed E-state index contributed by atoms with van der Waals surface area (Å²) in [7, 11) is 0. The van der Waals surface area contributed by atoms with E-state index < -0.39 is 17.7 Å². The average molecular weight is 254 g/mol. The van der Waals surface area contributed by atoms with Crippen molar-refractivity contribution in [3.63, 3.8) is 0 Å². The van der Waals surface area contributed by atoms with Gasteiger partial charge < -0.3 is 5.11 Å². The number of hydrogen-bond acceptors (Lipinski definition) is 2. The van der Waals surface area contributed by atoms with Crippen LogP contribution >= 0.6 is 11.3 Å². The smallest absolute Gasteiger partial charge is 0.132 e. The van der Waals surface area contributed by atoms with Gasteiger partial charge in [-0.2, -0.15) is 11.3 Å². The van der Waals surface area contributed by atoms with E-state index in [4.69, 9.17) is 0 Å². The number of aryl methyl sites for hydroxylation is 2. The normalized spacial score (nSPS) is 12.8. The molecule has 0 amide bonds. The SMILES string of the molecule is Cc1cc(C(O)c2cscc2C)c(F)cc1F. The van der Waals surface area contributed by atoms with Crippen molar-refractivity contribution in [3.05, 3.63) is 56.8 Å². The largest absolute Gasteiger partial charge is 0.384 e. The molecule has 1 atom stereocenters. The minimum Gasteiger partial charge on any atom is -0.384 e. The molecular weight excluding hydrogens is 242 g/mol. The molecule has 0 spiro atoms. The summed E-state index contributed by atoms with van der Waals surface area (Å²) >= 11 is 1.45. The Kier molecular flexibility index (Phi) is 3.26. The molecule has 1 aromatic heterocycles. The molecule has 2 rings (SSSR count). The maximum Gasteiger partial charge on any atom is 0.132 e. The van der Waals surface area contributed by atoms with Crippen LogP contribution in [0.25, 0.3) is 0 Å². The summed E-state index contributed by atoms with van der Waals surface area (Å²) in [6, 6.07) is 2.17. The molecule has 2 aromatic rings. The maximum atomic E-state index is 13.6. The summed E-state index contributed by atoms with van der Waals surface area (Å²) in [5.41, 5.74) is 2.02. The zero-order valence-corrected chi connectivity index (χ0v) is 10.3. The van der Waals surface area contributed by atoms with Crippen LogP contribution in [0.3, 0.4) is 0 Å². The number of benzene rings is 1. The minimum absolute atomic E-state index is 0.116. The molecule has 0 aliphatic carbocycles. The number of aliphatic hydroxyl groups is 1. The van der Waals surface area contributed by atoms with Crippen LogP contribution in [0, 0.1) is 25.5 Å². The van der Waals surface area contributed by atoms with Gasteiger partial charge in [0.2, 0.25) is 0 Å². The molecule has 4 heteroatoms. The van der Waals surface area contributed by atoms with Crippen LogP contribution in [-0.4, -0.2) is 5.11 Å². The highest BCUT2D eigenvalue weighted by atomic mass is 32.1. The molecule has 17 heavy (non-hydrogen) atoms. The summed E-state index contributed by atoms with van der Waals surface area (Å²) < 4.78 is 26.7. The van der Waals surface area contributed by atoms with Crippen molar-refractivity contribution in [2.45, 2.75) is 20.0 Å². The maximum absolute atomic E-state index is 13.6. The summed E-state index contributed by atoms with van der Waals surface area (Å²) in [5.74, 6) is -1.31. The topological polar surface area (TPSA) is 20.2 Å². The first-order chi connectivity index (χ1) is 8.00. The van der Waals surface area contributed by atoms with Crippen molar-refractivity contribution in [2.75, 3.05) is 0 Å².